The summed E-state index contributed by atoms with van der Waals surface area (Å²) in [5.41, 5.74) is 2.24. The summed E-state index contributed by atoms with van der Waals surface area (Å²) in [6.45, 7) is 3.56. The average molecular weight is 447 g/mol. The van der Waals surface area contributed by atoms with Gasteiger partial charge in [0.2, 0.25) is 11.8 Å². The highest BCUT2D eigenvalue weighted by molar-refractivity contribution is 9.10. The molecular formula is C21H23BrN2O4. The Labute approximate surface area is 173 Å². The van der Waals surface area contributed by atoms with Gasteiger partial charge in [0, 0.05) is 37.1 Å². The maximum absolute atomic E-state index is 12.1. The number of carbonyl (C=O) groups is 3. The Morgan fingerprint density at radius 3 is 2.21 bits per heavy atom. The van der Waals surface area contributed by atoms with E-state index >= 15 is 0 Å². The SMILES string of the molecule is COC(=O)CCN(Cc1cc(Br)ccc1N(C(C)=O)C(C)=O)c1ccccc1. The van der Waals surface area contributed by atoms with Crippen LogP contribution in [-0.2, 0) is 25.7 Å². The number of hydrogen-bond donors (Lipinski definition) is 0. The Bertz CT molecular complexity index is 841. The Morgan fingerprint density at radius 2 is 1.64 bits per heavy atom. The molecule has 0 aliphatic carbocycles. The molecule has 148 valence electrons. The Morgan fingerprint density at radius 1 is 1.00 bits per heavy atom. The largest absolute Gasteiger partial charge is 0.469 e. The van der Waals surface area contributed by atoms with Crippen molar-refractivity contribution in [1.82, 2.24) is 0 Å². The molecule has 0 N–H and O–H groups in total. The van der Waals surface area contributed by atoms with E-state index in [0.717, 1.165) is 20.6 Å². The number of nitrogens with zero attached hydrogens (tertiary/aromatic N) is 2. The van der Waals surface area contributed by atoms with Crippen LogP contribution in [-0.4, -0.2) is 31.4 Å². The lowest BCUT2D eigenvalue weighted by atomic mass is 10.1. The summed E-state index contributed by atoms with van der Waals surface area (Å²) in [6, 6.07) is 15.1. The van der Waals surface area contributed by atoms with Crippen LogP contribution >= 0.6 is 15.9 Å². The fraction of sp³-hybridized carbons (Fsp3) is 0.286. The average Bonchev–Trinajstić information content (AvgIpc) is 2.66. The van der Waals surface area contributed by atoms with E-state index in [-0.39, 0.29) is 24.2 Å². The van der Waals surface area contributed by atoms with E-state index in [0.29, 0.717) is 18.8 Å². The van der Waals surface area contributed by atoms with E-state index in [1.165, 1.54) is 21.0 Å². The van der Waals surface area contributed by atoms with Gasteiger partial charge in [-0.05, 0) is 35.9 Å². The second-order valence-corrected chi connectivity index (χ2v) is 7.15. The van der Waals surface area contributed by atoms with Crippen LogP contribution in [0.3, 0.4) is 0 Å². The summed E-state index contributed by atoms with van der Waals surface area (Å²) in [6.07, 6.45) is 0.220. The van der Waals surface area contributed by atoms with Gasteiger partial charge in [0.15, 0.2) is 0 Å². The molecule has 0 aliphatic rings. The molecule has 0 heterocycles. The number of carbonyl (C=O) groups excluding carboxylic acids is 3. The lowest BCUT2D eigenvalue weighted by Crippen LogP contribution is -2.35. The van der Waals surface area contributed by atoms with Crippen LogP contribution in [0.4, 0.5) is 11.4 Å². The maximum Gasteiger partial charge on any atom is 0.307 e. The van der Waals surface area contributed by atoms with Crippen LogP contribution in [0.15, 0.2) is 53.0 Å². The number of hydrogen-bond acceptors (Lipinski definition) is 5. The molecule has 0 saturated heterocycles. The molecule has 0 atom stereocenters. The van der Waals surface area contributed by atoms with Crippen molar-refractivity contribution in [2.24, 2.45) is 0 Å². The van der Waals surface area contributed by atoms with E-state index in [9.17, 15) is 14.4 Å². The molecule has 0 radical (unpaired) electrons. The zero-order valence-corrected chi connectivity index (χ0v) is 17.7. The van der Waals surface area contributed by atoms with Crippen molar-refractivity contribution in [2.75, 3.05) is 23.5 Å². The van der Waals surface area contributed by atoms with Crippen LogP contribution in [0.2, 0.25) is 0 Å². The molecule has 28 heavy (non-hydrogen) atoms. The standard InChI is InChI=1S/C21H23BrN2O4/c1-15(25)24(16(2)26)20-10-9-18(22)13-17(20)14-23(12-11-21(27)28-3)19-7-5-4-6-8-19/h4-10,13H,11-12,14H2,1-3H3. The van der Waals surface area contributed by atoms with Crippen molar-refractivity contribution in [3.8, 4) is 0 Å². The fourth-order valence-corrected chi connectivity index (χ4v) is 3.34. The van der Waals surface area contributed by atoms with Crippen molar-refractivity contribution in [3.05, 3.63) is 58.6 Å². The number of benzene rings is 2. The van der Waals surface area contributed by atoms with Crippen molar-refractivity contribution in [2.45, 2.75) is 26.8 Å². The highest BCUT2D eigenvalue weighted by Gasteiger charge is 2.21. The summed E-state index contributed by atoms with van der Waals surface area (Å²) in [7, 11) is 1.36. The first-order chi connectivity index (χ1) is 13.3. The number of rotatable bonds is 7. The third-order valence-electron chi connectivity index (χ3n) is 4.21. The minimum atomic E-state index is -0.350. The number of amides is 2. The number of halogens is 1. The molecule has 0 aromatic heterocycles. The van der Waals surface area contributed by atoms with E-state index < -0.39 is 0 Å². The predicted octanol–water partition coefficient (Wildman–Crippen LogP) is 3.92. The second-order valence-electron chi connectivity index (χ2n) is 6.23. The van der Waals surface area contributed by atoms with E-state index in [1.54, 1.807) is 12.1 Å². The van der Waals surface area contributed by atoms with Gasteiger partial charge in [-0.25, -0.2) is 0 Å². The van der Waals surface area contributed by atoms with Crippen LogP contribution in [0.25, 0.3) is 0 Å². The summed E-state index contributed by atoms with van der Waals surface area (Å²) in [4.78, 5) is 38.9. The Kier molecular flexibility index (Phi) is 7.75. The van der Waals surface area contributed by atoms with Gasteiger partial charge in [-0.1, -0.05) is 34.1 Å². The van der Waals surface area contributed by atoms with Gasteiger partial charge in [-0.2, -0.15) is 0 Å². The molecule has 0 saturated carbocycles. The number of methoxy groups -OCH3 is 1. The highest BCUT2D eigenvalue weighted by atomic mass is 79.9. The van der Waals surface area contributed by atoms with Gasteiger partial charge < -0.3 is 9.64 Å². The smallest absolute Gasteiger partial charge is 0.307 e. The molecule has 7 heteroatoms. The Balaban J connectivity index is 2.42. The van der Waals surface area contributed by atoms with E-state index in [4.69, 9.17) is 4.74 Å². The Hall–Kier alpha value is -2.67. The maximum atomic E-state index is 12.1. The lowest BCUT2D eigenvalue weighted by molar-refractivity contribution is -0.140. The molecule has 6 nitrogen and oxygen atoms in total. The molecular weight excluding hydrogens is 424 g/mol. The third kappa shape index (κ3) is 5.66. The van der Waals surface area contributed by atoms with Crippen molar-refractivity contribution < 1.29 is 19.1 Å². The van der Waals surface area contributed by atoms with Crippen LogP contribution in [0, 0.1) is 0 Å². The first kappa shape index (κ1) is 21.6. The number of esters is 1. The molecule has 2 aromatic carbocycles. The van der Waals surface area contributed by atoms with E-state index in [2.05, 4.69) is 15.9 Å². The zero-order chi connectivity index (χ0) is 20.7. The van der Waals surface area contributed by atoms with Gasteiger partial charge in [-0.15, -0.1) is 0 Å². The molecule has 2 aromatic rings. The monoisotopic (exact) mass is 446 g/mol. The van der Waals surface area contributed by atoms with Gasteiger partial charge >= 0.3 is 5.97 Å². The van der Waals surface area contributed by atoms with Crippen LogP contribution < -0.4 is 9.80 Å². The molecule has 0 spiro atoms. The van der Waals surface area contributed by atoms with Crippen molar-refractivity contribution >= 4 is 45.1 Å². The van der Waals surface area contributed by atoms with Crippen molar-refractivity contribution in [1.29, 1.82) is 0 Å². The molecule has 2 rings (SSSR count). The third-order valence-corrected chi connectivity index (χ3v) is 4.70. The topological polar surface area (TPSA) is 66.9 Å². The van der Waals surface area contributed by atoms with Gasteiger partial charge in [-0.3, -0.25) is 19.3 Å². The summed E-state index contributed by atoms with van der Waals surface area (Å²) >= 11 is 3.46. The quantitative estimate of drug-likeness (QED) is 0.602. The summed E-state index contributed by atoms with van der Waals surface area (Å²) in [5, 5.41) is 0. The van der Waals surface area contributed by atoms with Gasteiger partial charge in [0.05, 0.1) is 19.2 Å². The number of para-hydroxylation sites is 1. The molecule has 0 aliphatic heterocycles. The fourth-order valence-electron chi connectivity index (χ4n) is 2.93. The van der Waals surface area contributed by atoms with Crippen LogP contribution in [0.1, 0.15) is 25.8 Å². The van der Waals surface area contributed by atoms with Crippen molar-refractivity contribution in [3.63, 3.8) is 0 Å². The first-order valence-corrected chi connectivity index (χ1v) is 9.59. The minimum absolute atomic E-state index is 0.220. The normalized spacial score (nSPS) is 10.3. The van der Waals surface area contributed by atoms with E-state index in [1.807, 2.05) is 41.3 Å². The van der Waals surface area contributed by atoms with Gasteiger partial charge in [0.1, 0.15) is 0 Å². The number of imide groups is 1. The first-order valence-electron chi connectivity index (χ1n) is 8.80. The molecule has 2 amide bonds. The molecule has 0 fully saturated rings. The summed E-state index contributed by atoms with van der Waals surface area (Å²) in [5.74, 6) is -1.00. The minimum Gasteiger partial charge on any atom is -0.469 e. The summed E-state index contributed by atoms with van der Waals surface area (Å²) < 4.78 is 5.59. The highest BCUT2D eigenvalue weighted by Crippen LogP contribution is 2.28. The lowest BCUT2D eigenvalue weighted by Gasteiger charge is -2.28. The van der Waals surface area contributed by atoms with Crippen LogP contribution in [0.5, 0.6) is 0 Å². The molecule has 0 unspecified atom stereocenters. The number of anilines is 2. The second kappa shape index (κ2) is 10.0. The number of ether oxygens (including phenoxy) is 1. The zero-order valence-electron chi connectivity index (χ0n) is 16.1. The predicted molar refractivity (Wildman–Crippen MR) is 112 cm³/mol. The molecule has 0 bridgehead atoms. The van der Waals surface area contributed by atoms with Gasteiger partial charge in [0.25, 0.3) is 0 Å².